The smallest absolute Gasteiger partial charge is 0.264 e. The standard InChI is InChI=1S/C9H18O5S/c1-7(5-13-15(4,10)11)8-6-12-9(2,3)14-8/h7-8H,5-6H2,1-4H3/t7-,8-/m0/s1. The van der Waals surface area contributed by atoms with Gasteiger partial charge in [-0.25, -0.2) is 0 Å². The molecule has 0 radical (unpaired) electrons. The summed E-state index contributed by atoms with van der Waals surface area (Å²) in [7, 11) is -3.37. The third-order valence-electron chi connectivity index (χ3n) is 2.21. The van der Waals surface area contributed by atoms with Crippen molar-refractivity contribution in [3.8, 4) is 0 Å². The SMILES string of the molecule is C[C@@H](COS(C)(=O)=O)[C@@H]1COC(C)(C)O1. The number of rotatable bonds is 4. The van der Waals surface area contributed by atoms with Crippen molar-refractivity contribution in [2.24, 2.45) is 5.92 Å². The monoisotopic (exact) mass is 238 g/mol. The fraction of sp³-hybridized carbons (Fsp3) is 1.00. The molecule has 1 heterocycles. The predicted molar refractivity (Wildman–Crippen MR) is 54.9 cm³/mol. The van der Waals surface area contributed by atoms with Crippen molar-refractivity contribution in [2.45, 2.75) is 32.7 Å². The molecule has 90 valence electrons. The van der Waals surface area contributed by atoms with Gasteiger partial charge in [-0.1, -0.05) is 6.92 Å². The molecule has 1 rings (SSSR count). The normalized spacial score (nSPS) is 27.9. The first-order valence-corrected chi connectivity index (χ1v) is 6.67. The van der Waals surface area contributed by atoms with Crippen LogP contribution < -0.4 is 0 Å². The molecule has 0 N–H and O–H groups in total. The van der Waals surface area contributed by atoms with Gasteiger partial charge >= 0.3 is 0 Å². The van der Waals surface area contributed by atoms with Crippen LogP contribution in [0.3, 0.4) is 0 Å². The van der Waals surface area contributed by atoms with Gasteiger partial charge in [0.25, 0.3) is 10.1 Å². The number of hydrogen-bond acceptors (Lipinski definition) is 5. The molecule has 0 unspecified atom stereocenters. The molecule has 1 fully saturated rings. The Kier molecular flexibility index (Phi) is 3.76. The minimum atomic E-state index is -3.37. The van der Waals surface area contributed by atoms with E-state index in [-0.39, 0.29) is 18.6 Å². The van der Waals surface area contributed by atoms with Crippen LogP contribution in [0.25, 0.3) is 0 Å². The summed E-state index contributed by atoms with van der Waals surface area (Å²) in [4.78, 5) is 0. The molecular weight excluding hydrogens is 220 g/mol. The third kappa shape index (κ3) is 4.46. The Morgan fingerprint density at radius 1 is 1.53 bits per heavy atom. The highest BCUT2D eigenvalue weighted by atomic mass is 32.2. The Morgan fingerprint density at radius 3 is 2.53 bits per heavy atom. The molecule has 0 amide bonds. The maximum absolute atomic E-state index is 10.8. The zero-order chi connectivity index (χ0) is 11.7. The van der Waals surface area contributed by atoms with E-state index < -0.39 is 15.9 Å². The van der Waals surface area contributed by atoms with Crippen LogP contribution in [0.1, 0.15) is 20.8 Å². The molecule has 0 spiro atoms. The lowest BCUT2D eigenvalue weighted by Gasteiger charge is -2.20. The highest BCUT2D eigenvalue weighted by Crippen LogP contribution is 2.26. The first-order valence-electron chi connectivity index (χ1n) is 4.86. The van der Waals surface area contributed by atoms with Gasteiger partial charge in [0, 0.05) is 5.92 Å². The van der Waals surface area contributed by atoms with Gasteiger partial charge in [-0.3, -0.25) is 4.18 Å². The molecule has 1 saturated heterocycles. The van der Waals surface area contributed by atoms with E-state index in [4.69, 9.17) is 13.7 Å². The molecule has 0 aliphatic carbocycles. The highest BCUT2D eigenvalue weighted by Gasteiger charge is 2.35. The number of hydrogen-bond donors (Lipinski definition) is 0. The van der Waals surface area contributed by atoms with Gasteiger partial charge in [-0.05, 0) is 13.8 Å². The maximum Gasteiger partial charge on any atom is 0.264 e. The average molecular weight is 238 g/mol. The van der Waals surface area contributed by atoms with Crippen LogP contribution in [-0.4, -0.2) is 39.8 Å². The second kappa shape index (κ2) is 4.37. The van der Waals surface area contributed by atoms with Gasteiger partial charge in [-0.2, -0.15) is 8.42 Å². The Balaban J connectivity index is 2.39. The fourth-order valence-corrected chi connectivity index (χ4v) is 1.80. The third-order valence-corrected chi connectivity index (χ3v) is 2.77. The quantitative estimate of drug-likeness (QED) is 0.676. The molecule has 0 bridgehead atoms. The highest BCUT2D eigenvalue weighted by molar-refractivity contribution is 7.85. The van der Waals surface area contributed by atoms with Crippen LogP contribution in [0.15, 0.2) is 0 Å². The Labute approximate surface area is 90.8 Å². The first kappa shape index (κ1) is 12.9. The van der Waals surface area contributed by atoms with Crippen LogP contribution >= 0.6 is 0 Å². The minimum absolute atomic E-state index is 0.0125. The van der Waals surface area contributed by atoms with E-state index in [2.05, 4.69) is 0 Å². The average Bonchev–Trinajstić information content (AvgIpc) is 2.40. The lowest BCUT2D eigenvalue weighted by Crippen LogP contribution is -2.28. The van der Waals surface area contributed by atoms with E-state index in [1.54, 1.807) is 0 Å². The molecule has 1 aliphatic rings. The minimum Gasteiger partial charge on any atom is -0.348 e. The molecule has 2 atom stereocenters. The predicted octanol–water partition coefficient (Wildman–Crippen LogP) is 0.750. The van der Waals surface area contributed by atoms with Gasteiger partial charge in [0.15, 0.2) is 5.79 Å². The van der Waals surface area contributed by atoms with Crippen LogP contribution in [0.2, 0.25) is 0 Å². The topological polar surface area (TPSA) is 61.8 Å². The summed E-state index contributed by atoms with van der Waals surface area (Å²) in [6.45, 7) is 6.14. The first-order chi connectivity index (χ1) is 6.70. The van der Waals surface area contributed by atoms with Crippen LogP contribution in [-0.2, 0) is 23.8 Å². The second-order valence-corrected chi connectivity index (χ2v) is 5.98. The Morgan fingerprint density at radius 2 is 2.13 bits per heavy atom. The van der Waals surface area contributed by atoms with E-state index in [1.807, 2.05) is 20.8 Å². The van der Waals surface area contributed by atoms with E-state index in [9.17, 15) is 8.42 Å². The summed E-state index contributed by atoms with van der Waals surface area (Å²) in [6, 6.07) is 0. The lowest BCUT2D eigenvalue weighted by molar-refractivity contribution is -0.144. The van der Waals surface area contributed by atoms with Gasteiger partial charge in [0.05, 0.1) is 25.6 Å². The van der Waals surface area contributed by atoms with E-state index in [0.717, 1.165) is 6.26 Å². The summed E-state index contributed by atoms with van der Waals surface area (Å²) in [5.74, 6) is -0.592. The van der Waals surface area contributed by atoms with E-state index in [0.29, 0.717) is 6.61 Å². The van der Waals surface area contributed by atoms with Crippen molar-refractivity contribution >= 4 is 10.1 Å². The summed E-state index contributed by atoms with van der Waals surface area (Å²) < 4.78 is 37.2. The van der Waals surface area contributed by atoms with Crippen LogP contribution in [0.4, 0.5) is 0 Å². The van der Waals surface area contributed by atoms with Crippen molar-refractivity contribution in [2.75, 3.05) is 19.5 Å². The molecular formula is C9H18O5S. The zero-order valence-corrected chi connectivity index (χ0v) is 10.3. The summed E-state index contributed by atoms with van der Waals surface area (Å²) in [5, 5.41) is 0. The van der Waals surface area contributed by atoms with E-state index >= 15 is 0 Å². The van der Waals surface area contributed by atoms with Crippen LogP contribution in [0, 0.1) is 5.92 Å². The fourth-order valence-electron chi connectivity index (χ4n) is 1.33. The Hall–Kier alpha value is -0.170. The molecule has 15 heavy (non-hydrogen) atoms. The van der Waals surface area contributed by atoms with Crippen LogP contribution in [0.5, 0.6) is 0 Å². The summed E-state index contributed by atoms with van der Waals surface area (Å²) in [5.41, 5.74) is 0. The molecule has 1 aliphatic heterocycles. The van der Waals surface area contributed by atoms with Gasteiger partial charge < -0.3 is 9.47 Å². The number of ether oxygens (including phenoxy) is 2. The summed E-state index contributed by atoms with van der Waals surface area (Å²) in [6.07, 6.45) is 0.928. The molecule has 0 aromatic heterocycles. The summed E-state index contributed by atoms with van der Waals surface area (Å²) >= 11 is 0. The van der Waals surface area contributed by atoms with Crippen molar-refractivity contribution in [1.29, 1.82) is 0 Å². The molecule has 6 heteroatoms. The Bertz CT molecular complexity index is 308. The molecule has 0 aromatic rings. The van der Waals surface area contributed by atoms with Gasteiger partial charge in [0.2, 0.25) is 0 Å². The second-order valence-electron chi connectivity index (χ2n) is 4.33. The van der Waals surface area contributed by atoms with E-state index in [1.165, 1.54) is 0 Å². The van der Waals surface area contributed by atoms with Gasteiger partial charge in [0.1, 0.15) is 0 Å². The van der Waals surface area contributed by atoms with Gasteiger partial charge in [-0.15, -0.1) is 0 Å². The molecule has 0 saturated carbocycles. The maximum atomic E-state index is 10.8. The van der Waals surface area contributed by atoms with Crippen molar-refractivity contribution in [3.05, 3.63) is 0 Å². The zero-order valence-electron chi connectivity index (χ0n) is 9.52. The van der Waals surface area contributed by atoms with Crippen molar-refractivity contribution in [3.63, 3.8) is 0 Å². The van der Waals surface area contributed by atoms with Crippen molar-refractivity contribution in [1.82, 2.24) is 0 Å². The molecule has 0 aromatic carbocycles. The molecule has 5 nitrogen and oxygen atoms in total. The van der Waals surface area contributed by atoms with Crippen molar-refractivity contribution < 1.29 is 22.1 Å². The lowest BCUT2D eigenvalue weighted by atomic mass is 10.1. The largest absolute Gasteiger partial charge is 0.348 e.